The maximum absolute atomic E-state index is 12.5. The number of nitrogens with zero attached hydrogens (tertiary/aromatic N) is 3. The Labute approximate surface area is 108 Å². The fourth-order valence-electron chi connectivity index (χ4n) is 2.29. The minimum absolute atomic E-state index is 0.0913. The van der Waals surface area contributed by atoms with Crippen LogP contribution < -0.4 is 5.73 Å². The van der Waals surface area contributed by atoms with E-state index in [9.17, 15) is 8.42 Å². The zero-order valence-electron chi connectivity index (χ0n) is 11.0. The van der Waals surface area contributed by atoms with Crippen molar-refractivity contribution in [2.75, 3.05) is 18.8 Å². The molecule has 1 aliphatic rings. The second-order valence-corrected chi connectivity index (χ2v) is 6.88. The Morgan fingerprint density at radius 2 is 1.89 bits per heavy atom. The lowest BCUT2D eigenvalue weighted by atomic mass is 10.0. The van der Waals surface area contributed by atoms with Crippen LogP contribution >= 0.6 is 0 Å². The van der Waals surface area contributed by atoms with Crippen molar-refractivity contribution in [2.45, 2.75) is 31.6 Å². The van der Waals surface area contributed by atoms with Gasteiger partial charge in [0.25, 0.3) is 0 Å². The Hall–Kier alpha value is -1.08. The third-order valence-corrected chi connectivity index (χ3v) is 5.71. The molecule has 0 aromatic carbocycles. The first-order valence-electron chi connectivity index (χ1n) is 6.13. The van der Waals surface area contributed by atoms with Crippen LogP contribution in [0.1, 0.15) is 25.5 Å². The zero-order valence-corrected chi connectivity index (χ0v) is 11.9. The first-order valence-corrected chi connectivity index (χ1v) is 7.57. The van der Waals surface area contributed by atoms with Gasteiger partial charge in [-0.2, -0.15) is 9.40 Å². The van der Waals surface area contributed by atoms with Crippen molar-refractivity contribution in [3.8, 4) is 0 Å². The predicted octanol–water partition coefficient (Wildman–Crippen LogP) is 0.731. The highest BCUT2D eigenvalue weighted by Gasteiger charge is 2.32. The predicted molar refractivity (Wildman–Crippen MR) is 69.5 cm³/mol. The van der Waals surface area contributed by atoms with E-state index in [2.05, 4.69) is 12.0 Å². The lowest BCUT2D eigenvalue weighted by molar-refractivity contribution is 0.288. The molecule has 0 saturated carbocycles. The van der Waals surface area contributed by atoms with Crippen LogP contribution in [0.2, 0.25) is 0 Å². The van der Waals surface area contributed by atoms with Crippen molar-refractivity contribution in [3.05, 3.63) is 5.69 Å². The number of nitrogens with two attached hydrogens (primary N) is 1. The van der Waals surface area contributed by atoms with Gasteiger partial charge in [-0.05, 0) is 25.7 Å². The molecule has 2 rings (SSSR count). The summed E-state index contributed by atoms with van der Waals surface area (Å²) in [7, 11) is -1.80. The first kappa shape index (κ1) is 13.4. The van der Waals surface area contributed by atoms with Gasteiger partial charge in [0.15, 0.2) is 5.82 Å². The van der Waals surface area contributed by atoms with E-state index in [4.69, 9.17) is 5.73 Å². The van der Waals surface area contributed by atoms with Crippen LogP contribution in [0.25, 0.3) is 0 Å². The van der Waals surface area contributed by atoms with E-state index in [1.807, 2.05) is 0 Å². The number of hydrogen-bond acceptors (Lipinski definition) is 4. The van der Waals surface area contributed by atoms with Gasteiger partial charge < -0.3 is 5.73 Å². The van der Waals surface area contributed by atoms with Gasteiger partial charge in [-0.3, -0.25) is 4.68 Å². The van der Waals surface area contributed by atoms with E-state index < -0.39 is 10.0 Å². The monoisotopic (exact) mass is 272 g/mol. The van der Waals surface area contributed by atoms with Gasteiger partial charge in [0.2, 0.25) is 10.0 Å². The van der Waals surface area contributed by atoms with Gasteiger partial charge in [-0.15, -0.1) is 0 Å². The highest BCUT2D eigenvalue weighted by molar-refractivity contribution is 7.89. The Bertz CT molecular complexity index is 542. The van der Waals surface area contributed by atoms with Crippen LogP contribution in [-0.4, -0.2) is 35.6 Å². The summed E-state index contributed by atoms with van der Waals surface area (Å²) in [6.45, 7) is 5.00. The molecule has 18 heavy (non-hydrogen) atoms. The van der Waals surface area contributed by atoms with E-state index in [1.165, 1.54) is 8.99 Å². The molecular formula is C11H20N4O2S. The van der Waals surface area contributed by atoms with Gasteiger partial charge in [0.05, 0.1) is 5.69 Å². The molecule has 1 saturated heterocycles. The van der Waals surface area contributed by atoms with Crippen molar-refractivity contribution in [1.82, 2.24) is 14.1 Å². The lowest BCUT2D eigenvalue weighted by Gasteiger charge is -2.29. The van der Waals surface area contributed by atoms with Crippen molar-refractivity contribution < 1.29 is 8.42 Å². The maximum Gasteiger partial charge on any atom is 0.248 e. The van der Waals surface area contributed by atoms with Gasteiger partial charge in [-0.25, -0.2) is 8.42 Å². The summed E-state index contributed by atoms with van der Waals surface area (Å²) < 4.78 is 28.1. The van der Waals surface area contributed by atoms with Crippen LogP contribution in [-0.2, 0) is 17.1 Å². The van der Waals surface area contributed by atoms with Gasteiger partial charge in [-0.1, -0.05) is 6.92 Å². The van der Waals surface area contributed by atoms with Gasteiger partial charge in [0.1, 0.15) is 4.90 Å². The fourth-order valence-corrected chi connectivity index (χ4v) is 4.05. The Morgan fingerprint density at radius 1 is 1.33 bits per heavy atom. The molecule has 1 fully saturated rings. The lowest BCUT2D eigenvalue weighted by Crippen LogP contribution is -2.38. The summed E-state index contributed by atoms with van der Waals surface area (Å²) >= 11 is 0. The summed E-state index contributed by atoms with van der Waals surface area (Å²) in [4.78, 5) is 0.166. The first-order chi connectivity index (χ1) is 8.34. The maximum atomic E-state index is 12.5. The number of piperidine rings is 1. The molecule has 0 amide bonds. The molecule has 0 radical (unpaired) electrons. The molecule has 7 heteroatoms. The SMILES string of the molecule is Cc1c(S(=O)(=O)N2CCC(C)CC2)c(N)nn1C. The largest absolute Gasteiger partial charge is 0.381 e. The van der Waals surface area contributed by atoms with Crippen molar-refractivity contribution in [1.29, 1.82) is 0 Å². The van der Waals surface area contributed by atoms with Crippen LogP contribution in [0.3, 0.4) is 0 Å². The van der Waals surface area contributed by atoms with Crippen molar-refractivity contribution in [2.24, 2.45) is 13.0 Å². The summed E-state index contributed by atoms with van der Waals surface area (Å²) in [6, 6.07) is 0. The minimum Gasteiger partial charge on any atom is -0.381 e. The number of aromatic nitrogens is 2. The number of aryl methyl sites for hydroxylation is 1. The molecule has 0 bridgehead atoms. The second-order valence-electron chi connectivity index (χ2n) is 5.01. The van der Waals surface area contributed by atoms with E-state index >= 15 is 0 Å². The molecule has 102 valence electrons. The quantitative estimate of drug-likeness (QED) is 0.860. The van der Waals surface area contributed by atoms with E-state index in [-0.39, 0.29) is 10.7 Å². The number of hydrogen-bond donors (Lipinski definition) is 1. The summed E-state index contributed by atoms with van der Waals surface area (Å²) in [5.74, 6) is 0.678. The molecule has 2 heterocycles. The Balaban J connectivity index is 2.37. The smallest absolute Gasteiger partial charge is 0.248 e. The normalized spacial score (nSPS) is 19.3. The molecule has 2 N–H and O–H groups in total. The van der Waals surface area contributed by atoms with Crippen molar-refractivity contribution >= 4 is 15.8 Å². The molecule has 0 atom stereocenters. The number of sulfonamides is 1. The Kier molecular flexibility index (Phi) is 3.37. The molecule has 1 aromatic rings. The third-order valence-electron chi connectivity index (χ3n) is 3.64. The van der Waals surface area contributed by atoms with Crippen LogP contribution in [0.15, 0.2) is 4.90 Å². The molecular weight excluding hydrogens is 252 g/mol. The van der Waals surface area contributed by atoms with Gasteiger partial charge in [0, 0.05) is 20.1 Å². The second kappa shape index (κ2) is 4.55. The van der Waals surface area contributed by atoms with E-state index in [1.54, 1.807) is 14.0 Å². The average Bonchev–Trinajstić information content (AvgIpc) is 2.54. The zero-order chi connectivity index (χ0) is 13.5. The molecule has 1 aromatic heterocycles. The van der Waals surface area contributed by atoms with Crippen LogP contribution in [0.5, 0.6) is 0 Å². The highest BCUT2D eigenvalue weighted by atomic mass is 32.2. The summed E-state index contributed by atoms with van der Waals surface area (Å²) in [5.41, 5.74) is 6.31. The topological polar surface area (TPSA) is 81.2 Å². The third kappa shape index (κ3) is 2.12. The van der Waals surface area contributed by atoms with Crippen LogP contribution in [0.4, 0.5) is 5.82 Å². The standard InChI is InChI=1S/C11H20N4O2S/c1-8-4-6-15(7-5-8)18(16,17)10-9(2)14(3)13-11(10)12/h8H,4-7H2,1-3H3,(H2,12,13). The molecule has 0 aliphatic carbocycles. The Morgan fingerprint density at radius 3 is 2.33 bits per heavy atom. The van der Waals surface area contributed by atoms with Gasteiger partial charge >= 0.3 is 0 Å². The van der Waals surface area contributed by atoms with Crippen molar-refractivity contribution in [3.63, 3.8) is 0 Å². The summed E-state index contributed by atoms with van der Waals surface area (Å²) in [5, 5.41) is 3.98. The average molecular weight is 272 g/mol. The molecule has 0 unspecified atom stereocenters. The van der Waals surface area contributed by atoms with E-state index in [0.717, 1.165) is 12.8 Å². The summed E-state index contributed by atoms with van der Waals surface area (Å²) in [6.07, 6.45) is 1.80. The number of anilines is 1. The molecule has 0 spiro atoms. The highest BCUT2D eigenvalue weighted by Crippen LogP contribution is 2.28. The van der Waals surface area contributed by atoms with Crippen LogP contribution in [0, 0.1) is 12.8 Å². The van der Waals surface area contributed by atoms with E-state index in [0.29, 0.717) is 24.7 Å². The number of rotatable bonds is 2. The number of nitrogen functional groups attached to an aromatic ring is 1. The molecule has 6 nitrogen and oxygen atoms in total. The fraction of sp³-hybridized carbons (Fsp3) is 0.727. The molecule has 1 aliphatic heterocycles. The minimum atomic E-state index is -3.50.